The molecule has 2 aliphatic heterocycles. The topological polar surface area (TPSA) is 87.4 Å². The number of anilines is 3. The smallest absolute Gasteiger partial charge is 0.381 e. The molecule has 3 N–H and O–H groups in total. The van der Waals surface area contributed by atoms with Gasteiger partial charge in [-0.05, 0) is 37.5 Å². The number of alkyl halides is 3. The van der Waals surface area contributed by atoms with E-state index in [1.807, 2.05) is 0 Å². The lowest BCUT2D eigenvalue weighted by Gasteiger charge is -2.47. The van der Waals surface area contributed by atoms with Gasteiger partial charge in [-0.1, -0.05) is 11.6 Å². The lowest BCUT2D eigenvalue weighted by atomic mass is 9.87. The summed E-state index contributed by atoms with van der Waals surface area (Å²) in [6.07, 6.45) is -3.08. The molecule has 2 fully saturated rings. The van der Waals surface area contributed by atoms with Crippen molar-refractivity contribution >= 4 is 34.8 Å². The molecule has 0 radical (unpaired) electrons. The fourth-order valence-electron chi connectivity index (χ4n) is 4.62. The average molecular weight is 505 g/mol. The third-order valence-electron chi connectivity index (χ3n) is 6.18. The number of nitrogens with two attached hydrogens (primary N) is 1. The Labute approximate surface area is 197 Å². The molecule has 2 aromatic rings. The molecule has 1 unspecified atom stereocenters. The first-order chi connectivity index (χ1) is 16.0. The number of halogens is 6. The molecule has 4 rings (SSSR count). The Balaban J connectivity index is 1.59. The fourth-order valence-corrected chi connectivity index (χ4v) is 4.84. The number of nitrogens with one attached hydrogen (secondary N) is 1. The first-order valence-electron chi connectivity index (χ1n) is 10.7. The van der Waals surface area contributed by atoms with E-state index in [2.05, 4.69) is 15.3 Å². The highest BCUT2D eigenvalue weighted by Gasteiger charge is 2.51. The van der Waals surface area contributed by atoms with Gasteiger partial charge in [-0.2, -0.15) is 17.6 Å². The Hall–Kier alpha value is -2.89. The Kier molecular flexibility index (Phi) is 6.70. The number of hydrogen-bond donors (Lipinski definition) is 2. The van der Waals surface area contributed by atoms with E-state index < -0.39 is 47.5 Å². The lowest BCUT2D eigenvalue weighted by molar-refractivity contribution is -0.197. The van der Waals surface area contributed by atoms with E-state index in [4.69, 9.17) is 17.3 Å². The van der Waals surface area contributed by atoms with Crippen molar-refractivity contribution in [3.05, 3.63) is 41.2 Å². The summed E-state index contributed by atoms with van der Waals surface area (Å²) >= 11 is 5.87. The maximum atomic E-state index is 14.5. The SMILES string of the molecule is Nc1ncnc(N2CCC(C(F)(F)F)[C@H](N3CCC[C@H](Nc4cc(F)cc(Cl)c4)C3=O)C2)c1F. The zero-order valence-corrected chi connectivity index (χ0v) is 18.6. The fraction of sp³-hybridized carbons (Fsp3) is 0.476. The predicted octanol–water partition coefficient (Wildman–Crippen LogP) is 3.85. The molecule has 2 saturated heterocycles. The summed E-state index contributed by atoms with van der Waals surface area (Å²) in [5.74, 6) is -4.48. The van der Waals surface area contributed by atoms with Gasteiger partial charge in [0.15, 0.2) is 11.6 Å². The molecule has 1 amide bonds. The van der Waals surface area contributed by atoms with Crippen molar-refractivity contribution in [3.63, 3.8) is 0 Å². The molecule has 3 atom stereocenters. The summed E-state index contributed by atoms with van der Waals surface area (Å²) in [5, 5.41) is 3.01. The largest absolute Gasteiger partial charge is 0.393 e. The van der Waals surface area contributed by atoms with Crippen LogP contribution in [0.5, 0.6) is 0 Å². The molecule has 1 aromatic heterocycles. The molecule has 3 heterocycles. The van der Waals surface area contributed by atoms with Crippen LogP contribution in [-0.4, -0.2) is 58.7 Å². The van der Waals surface area contributed by atoms with E-state index in [0.29, 0.717) is 12.8 Å². The number of nitrogens with zero attached hydrogens (tertiary/aromatic N) is 4. The highest BCUT2D eigenvalue weighted by atomic mass is 35.5. The number of nitrogen functional groups attached to an aromatic ring is 1. The highest BCUT2D eigenvalue weighted by Crippen LogP contribution is 2.39. The van der Waals surface area contributed by atoms with Crippen LogP contribution in [0.3, 0.4) is 0 Å². The van der Waals surface area contributed by atoms with Crippen molar-refractivity contribution in [1.29, 1.82) is 0 Å². The van der Waals surface area contributed by atoms with E-state index in [1.165, 1.54) is 15.9 Å². The van der Waals surface area contributed by atoms with Crippen LogP contribution in [0.25, 0.3) is 0 Å². The number of aromatic nitrogens is 2. The number of piperidine rings is 2. The van der Waals surface area contributed by atoms with Crippen molar-refractivity contribution in [2.75, 3.05) is 35.6 Å². The Morgan fingerprint density at radius 1 is 1.12 bits per heavy atom. The van der Waals surface area contributed by atoms with Crippen molar-refractivity contribution in [1.82, 2.24) is 14.9 Å². The quantitative estimate of drug-likeness (QED) is 0.615. The third kappa shape index (κ3) is 4.96. The Morgan fingerprint density at radius 2 is 1.88 bits per heavy atom. The lowest BCUT2D eigenvalue weighted by Crippen LogP contribution is -2.62. The van der Waals surface area contributed by atoms with Gasteiger partial charge in [0, 0.05) is 30.3 Å². The monoisotopic (exact) mass is 504 g/mol. The van der Waals surface area contributed by atoms with Gasteiger partial charge in [0.05, 0.1) is 12.0 Å². The average Bonchev–Trinajstić information content (AvgIpc) is 2.75. The summed E-state index contributed by atoms with van der Waals surface area (Å²) in [6.45, 7) is -0.276. The van der Waals surface area contributed by atoms with Gasteiger partial charge in [0.2, 0.25) is 11.7 Å². The van der Waals surface area contributed by atoms with Crippen LogP contribution in [0.1, 0.15) is 19.3 Å². The second-order valence-corrected chi connectivity index (χ2v) is 8.81. The van der Waals surface area contributed by atoms with Gasteiger partial charge in [-0.15, -0.1) is 0 Å². The zero-order valence-electron chi connectivity index (χ0n) is 17.8. The summed E-state index contributed by atoms with van der Waals surface area (Å²) in [7, 11) is 0. The molecule has 34 heavy (non-hydrogen) atoms. The van der Waals surface area contributed by atoms with E-state index in [0.717, 1.165) is 18.5 Å². The normalized spacial score (nSPS) is 23.8. The van der Waals surface area contributed by atoms with E-state index in [-0.39, 0.29) is 42.6 Å². The highest BCUT2D eigenvalue weighted by molar-refractivity contribution is 6.30. The predicted molar refractivity (Wildman–Crippen MR) is 116 cm³/mol. The van der Waals surface area contributed by atoms with Crippen molar-refractivity contribution in [3.8, 4) is 0 Å². The number of amides is 1. The number of hydrogen-bond acceptors (Lipinski definition) is 6. The van der Waals surface area contributed by atoms with E-state index in [1.54, 1.807) is 0 Å². The second kappa shape index (κ2) is 9.40. The Bertz CT molecular complexity index is 1050. The molecule has 7 nitrogen and oxygen atoms in total. The number of carbonyl (C=O) groups excluding carboxylic acids is 1. The van der Waals surface area contributed by atoms with Crippen molar-refractivity contribution in [2.24, 2.45) is 5.92 Å². The maximum Gasteiger partial charge on any atom is 0.393 e. The summed E-state index contributed by atoms with van der Waals surface area (Å²) in [4.78, 5) is 23.2. The van der Waals surface area contributed by atoms with Crippen molar-refractivity contribution in [2.45, 2.75) is 37.5 Å². The second-order valence-electron chi connectivity index (χ2n) is 8.38. The molecule has 0 aliphatic carbocycles. The van der Waals surface area contributed by atoms with Crippen LogP contribution in [0.2, 0.25) is 5.02 Å². The molecule has 2 aliphatic rings. The van der Waals surface area contributed by atoms with Crippen LogP contribution in [0.4, 0.5) is 39.3 Å². The Morgan fingerprint density at radius 3 is 2.59 bits per heavy atom. The first-order valence-corrected chi connectivity index (χ1v) is 11.0. The van der Waals surface area contributed by atoms with Gasteiger partial charge in [0.25, 0.3) is 0 Å². The summed E-state index contributed by atoms with van der Waals surface area (Å²) < 4.78 is 70.0. The molecule has 0 bridgehead atoms. The summed E-state index contributed by atoms with van der Waals surface area (Å²) in [5.41, 5.74) is 5.75. The van der Waals surface area contributed by atoms with Gasteiger partial charge in [-0.3, -0.25) is 4.79 Å². The van der Waals surface area contributed by atoms with Gasteiger partial charge in [0.1, 0.15) is 18.2 Å². The molecular weight excluding hydrogens is 483 g/mol. The molecular formula is C21H22ClF5N6O. The minimum absolute atomic E-state index is 0.112. The zero-order chi connectivity index (χ0) is 24.6. The van der Waals surface area contributed by atoms with E-state index in [9.17, 15) is 26.7 Å². The van der Waals surface area contributed by atoms with Crippen molar-refractivity contribution < 1.29 is 26.7 Å². The van der Waals surface area contributed by atoms with Crippen LogP contribution < -0.4 is 16.0 Å². The summed E-state index contributed by atoms with van der Waals surface area (Å²) in [6, 6.07) is 1.56. The standard InChI is InChI=1S/C21H22ClF5N6O/c22-11-6-12(23)8-13(7-11)31-15-2-1-4-33(20(15)34)16-9-32(5-3-14(16)21(25,26)27)19-17(24)18(28)29-10-30-19/h6-8,10,14-16,31H,1-5,9H2,(H2,28,29,30)/t14?,15-,16+/m0/s1. The number of benzene rings is 1. The molecule has 184 valence electrons. The van der Waals surface area contributed by atoms with Gasteiger partial charge in [-0.25, -0.2) is 14.4 Å². The van der Waals surface area contributed by atoms with Crippen LogP contribution in [-0.2, 0) is 4.79 Å². The van der Waals surface area contributed by atoms with Gasteiger partial charge >= 0.3 is 6.18 Å². The minimum atomic E-state index is -4.56. The van der Waals surface area contributed by atoms with Gasteiger partial charge < -0.3 is 20.9 Å². The molecule has 0 saturated carbocycles. The van der Waals surface area contributed by atoms with E-state index >= 15 is 0 Å². The number of carbonyl (C=O) groups is 1. The van der Waals surface area contributed by atoms with Crippen LogP contribution in [0, 0.1) is 17.6 Å². The van der Waals surface area contributed by atoms with Crippen LogP contribution >= 0.6 is 11.6 Å². The third-order valence-corrected chi connectivity index (χ3v) is 6.39. The maximum absolute atomic E-state index is 14.5. The minimum Gasteiger partial charge on any atom is -0.381 e. The number of rotatable bonds is 4. The molecule has 13 heteroatoms. The molecule has 0 spiro atoms. The first kappa shape index (κ1) is 24.2. The molecule has 1 aromatic carbocycles. The number of likely N-dealkylation sites (tertiary alicyclic amines) is 1. The van der Waals surface area contributed by atoms with Crippen LogP contribution in [0.15, 0.2) is 24.5 Å².